The molecule has 2 rings (SSSR count). The summed E-state index contributed by atoms with van der Waals surface area (Å²) >= 11 is 0. The van der Waals surface area contributed by atoms with Gasteiger partial charge >= 0.3 is 5.97 Å². The maximum atomic E-state index is 12.6. The van der Waals surface area contributed by atoms with Gasteiger partial charge in [-0.3, -0.25) is 4.79 Å². The second-order valence-electron chi connectivity index (χ2n) is 7.65. The quantitative estimate of drug-likeness (QED) is 0.401. The fourth-order valence-electron chi connectivity index (χ4n) is 3.80. The van der Waals surface area contributed by atoms with Crippen molar-refractivity contribution in [2.24, 2.45) is 5.92 Å². The van der Waals surface area contributed by atoms with Gasteiger partial charge in [-0.15, -0.1) is 0 Å². The van der Waals surface area contributed by atoms with Crippen LogP contribution in [0.1, 0.15) is 57.4 Å². The predicted octanol–water partition coefficient (Wildman–Crippen LogP) is 4.38. The predicted molar refractivity (Wildman–Crippen MR) is 98.9 cm³/mol. The molecule has 0 amide bonds. The Hall–Kier alpha value is -1.35. The maximum Gasteiger partial charge on any atom is 0.313 e. The molecule has 0 saturated carbocycles. The summed E-state index contributed by atoms with van der Waals surface area (Å²) in [7, 11) is 2.34. The minimum Gasteiger partial charge on any atom is -0.465 e. The Morgan fingerprint density at radius 1 is 1.17 bits per heavy atom. The molecule has 0 radical (unpaired) electrons. The van der Waals surface area contributed by atoms with Crippen LogP contribution in [0.2, 0.25) is 0 Å². The van der Waals surface area contributed by atoms with E-state index in [4.69, 9.17) is 4.74 Å². The summed E-state index contributed by atoms with van der Waals surface area (Å²) in [6, 6.07) is 10.1. The number of quaternary nitrogens is 1. The van der Waals surface area contributed by atoms with E-state index >= 15 is 0 Å². The van der Waals surface area contributed by atoms with E-state index in [1.165, 1.54) is 32.4 Å². The van der Waals surface area contributed by atoms with Gasteiger partial charge in [0.15, 0.2) is 0 Å². The lowest BCUT2D eigenvalue weighted by Gasteiger charge is -2.37. The molecule has 1 aromatic carbocycles. The normalized spacial score (nSPS) is 19.5. The summed E-state index contributed by atoms with van der Waals surface area (Å²) < 4.78 is 6.81. The first-order valence-electron chi connectivity index (χ1n) is 9.61. The molecule has 1 aliphatic heterocycles. The average Bonchev–Trinajstić information content (AvgIpc) is 2.60. The van der Waals surface area contributed by atoms with Crippen LogP contribution in [0.4, 0.5) is 0 Å². The van der Waals surface area contributed by atoms with E-state index in [0.717, 1.165) is 29.4 Å². The number of hydrogen-bond acceptors (Lipinski definition) is 2. The third-order valence-electron chi connectivity index (χ3n) is 5.61. The third-order valence-corrected chi connectivity index (χ3v) is 5.61. The Bertz CT molecular complexity index is 494. The zero-order valence-corrected chi connectivity index (χ0v) is 15.7. The molecule has 24 heavy (non-hydrogen) atoms. The molecule has 2 atom stereocenters. The summed E-state index contributed by atoms with van der Waals surface area (Å²) in [6.07, 6.45) is 5.98. The van der Waals surface area contributed by atoms with Crippen molar-refractivity contribution in [1.82, 2.24) is 0 Å². The summed E-state index contributed by atoms with van der Waals surface area (Å²) in [5.41, 5.74) is 1.08. The molecule has 1 heterocycles. The molecule has 3 heteroatoms. The number of benzene rings is 1. The van der Waals surface area contributed by atoms with Crippen LogP contribution in [-0.2, 0) is 9.53 Å². The lowest BCUT2D eigenvalue weighted by atomic mass is 9.86. The van der Waals surface area contributed by atoms with Crippen LogP contribution in [0.5, 0.6) is 0 Å². The van der Waals surface area contributed by atoms with Crippen molar-refractivity contribution in [2.45, 2.75) is 51.9 Å². The number of nitrogens with zero attached hydrogens (tertiary/aromatic N) is 1. The molecule has 0 bridgehead atoms. The van der Waals surface area contributed by atoms with Gasteiger partial charge in [0.1, 0.15) is 0 Å². The fraction of sp³-hybridized carbons (Fsp3) is 0.667. The van der Waals surface area contributed by atoms with Crippen LogP contribution in [0.25, 0.3) is 0 Å². The van der Waals surface area contributed by atoms with Gasteiger partial charge in [-0.2, -0.15) is 0 Å². The van der Waals surface area contributed by atoms with Crippen molar-refractivity contribution < 1.29 is 14.0 Å². The minimum atomic E-state index is -0.143. The van der Waals surface area contributed by atoms with Crippen LogP contribution < -0.4 is 0 Å². The Morgan fingerprint density at radius 2 is 1.83 bits per heavy atom. The number of carbonyl (C=O) groups is 1. The summed E-state index contributed by atoms with van der Waals surface area (Å²) in [4.78, 5) is 12.6. The highest BCUT2D eigenvalue weighted by Crippen LogP contribution is 2.28. The van der Waals surface area contributed by atoms with Crippen LogP contribution >= 0.6 is 0 Å². The Kier molecular flexibility index (Phi) is 7.29. The monoisotopic (exact) mass is 332 g/mol. The van der Waals surface area contributed by atoms with Crippen LogP contribution in [0, 0.1) is 5.92 Å². The molecule has 1 aromatic rings. The highest BCUT2D eigenvalue weighted by Gasteiger charge is 2.28. The van der Waals surface area contributed by atoms with E-state index in [-0.39, 0.29) is 11.9 Å². The van der Waals surface area contributed by atoms with E-state index in [1.807, 2.05) is 30.3 Å². The number of likely N-dealkylation sites (tertiary alicyclic amines) is 1. The minimum absolute atomic E-state index is 0.0585. The van der Waals surface area contributed by atoms with Gasteiger partial charge in [-0.05, 0) is 30.7 Å². The van der Waals surface area contributed by atoms with Crippen LogP contribution in [0.15, 0.2) is 30.3 Å². The molecule has 0 aliphatic carbocycles. The Labute approximate surface area is 147 Å². The zero-order valence-electron chi connectivity index (χ0n) is 15.7. The standard InChI is InChI=1S/C21H34NO2/c1-4-18(2)20(19-12-7-5-8-13-19)21(23)24-17-11-16-22(3)14-9-6-10-15-22/h5,7-8,12-13,18,20H,4,6,9-11,14-17H2,1-3H3/q+1/t18-,20-/m1/s1. The van der Waals surface area contributed by atoms with Gasteiger partial charge in [0.2, 0.25) is 0 Å². The number of esters is 1. The van der Waals surface area contributed by atoms with Crippen LogP contribution in [-0.4, -0.2) is 43.7 Å². The smallest absolute Gasteiger partial charge is 0.313 e. The van der Waals surface area contributed by atoms with Crippen molar-refractivity contribution in [3.8, 4) is 0 Å². The zero-order chi connectivity index (χ0) is 17.4. The molecule has 3 nitrogen and oxygen atoms in total. The highest BCUT2D eigenvalue weighted by atomic mass is 16.5. The second-order valence-corrected chi connectivity index (χ2v) is 7.65. The number of carbonyl (C=O) groups excluding carboxylic acids is 1. The maximum absolute atomic E-state index is 12.6. The molecule has 1 saturated heterocycles. The van der Waals surface area contributed by atoms with E-state index in [9.17, 15) is 4.79 Å². The van der Waals surface area contributed by atoms with Gasteiger partial charge in [0.25, 0.3) is 0 Å². The van der Waals surface area contributed by atoms with Crippen molar-refractivity contribution >= 4 is 5.97 Å². The van der Waals surface area contributed by atoms with E-state index in [2.05, 4.69) is 20.9 Å². The lowest BCUT2D eigenvalue weighted by Crippen LogP contribution is -2.48. The van der Waals surface area contributed by atoms with Crippen molar-refractivity contribution in [3.63, 3.8) is 0 Å². The first-order chi connectivity index (χ1) is 11.6. The third kappa shape index (κ3) is 5.34. The van der Waals surface area contributed by atoms with Crippen molar-refractivity contribution in [3.05, 3.63) is 35.9 Å². The first kappa shape index (κ1) is 19.0. The topological polar surface area (TPSA) is 26.3 Å². The molecular weight excluding hydrogens is 298 g/mol. The highest BCUT2D eigenvalue weighted by molar-refractivity contribution is 5.78. The summed E-state index contributed by atoms with van der Waals surface area (Å²) in [6.45, 7) is 8.48. The van der Waals surface area contributed by atoms with Gasteiger partial charge in [0.05, 0.1) is 39.2 Å². The van der Waals surface area contributed by atoms with E-state index < -0.39 is 0 Å². The largest absolute Gasteiger partial charge is 0.465 e. The second kappa shape index (κ2) is 9.22. The fourth-order valence-corrected chi connectivity index (χ4v) is 3.80. The van der Waals surface area contributed by atoms with E-state index in [1.54, 1.807) is 0 Å². The number of rotatable bonds is 8. The van der Waals surface area contributed by atoms with Gasteiger partial charge < -0.3 is 9.22 Å². The molecule has 0 unspecified atom stereocenters. The molecular formula is C21H34NO2+. The van der Waals surface area contributed by atoms with Crippen molar-refractivity contribution in [1.29, 1.82) is 0 Å². The lowest BCUT2D eigenvalue weighted by molar-refractivity contribution is -0.914. The Morgan fingerprint density at radius 3 is 2.46 bits per heavy atom. The molecule has 0 N–H and O–H groups in total. The number of piperidine rings is 1. The Balaban J connectivity index is 1.84. The SMILES string of the molecule is CC[C@@H](C)[C@@H](C(=O)OCCC[N+]1(C)CCCCC1)c1ccccc1. The number of hydrogen-bond donors (Lipinski definition) is 0. The van der Waals surface area contributed by atoms with Gasteiger partial charge in [-0.1, -0.05) is 50.6 Å². The number of ether oxygens (including phenoxy) is 1. The van der Waals surface area contributed by atoms with Crippen LogP contribution in [0.3, 0.4) is 0 Å². The molecule has 0 aromatic heterocycles. The van der Waals surface area contributed by atoms with Gasteiger partial charge in [-0.25, -0.2) is 0 Å². The summed E-state index contributed by atoms with van der Waals surface area (Å²) in [5.74, 6) is 0.0966. The molecule has 1 fully saturated rings. The molecule has 0 spiro atoms. The first-order valence-corrected chi connectivity index (χ1v) is 9.61. The van der Waals surface area contributed by atoms with E-state index in [0.29, 0.717) is 12.5 Å². The average molecular weight is 333 g/mol. The van der Waals surface area contributed by atoms with Gasteiger partial charge in [0, 0.05) is 6.42 Å². The summed E-state index contributed by atoms with van der Waals surface area (Å²) in [5, 5.41) is 0. The molecule has 134 valence electrons. The molecule has 1 aliphatic rings. The van der Waals surface area contributed by atoms with Crippen molar-refractivity contribution in [2.75, 3.05) is 33.3 Å².